The number of rotatable bonds is 16. The van der Waals surface area contributed by atoms with Gasteiger partial charge in [0.1, 0.15) is 18.1 Å². The lowest BCUT2D eigenvalue weighted by atomic mass is 10.0. The van der Waals surface area contributed by atoms with E-state index in [-0.39, 0.29) is 6.42 Å². The van der Waals surface area contributed by atoms with Crippen molar-refractivity contribution in [2.24, 2.45) is 11.5 Å². The Balaban J connectivity index is 3.01. The minimum atomic E-state index is -1.86. The molecule has 4 unspecified atom stereocenters. The van der Waals surface area contributed by atoms with Gasteiger partial charge in [0.25, 0.3) is 0 Å². The minimum absolute atomic E-state index is 0.0812. The molecule has 4 amide bonds. The molecule has 0 saturated heterocycles. The van der Waals surface area contributed by atoms with E-state index in [4.69, 9.17) is 21.7 Å². The van der Waals surface area contributed by atoms with Gasteiger partial charge in [0.05, 0.1) is 18.9 Å². The second-order valence-electron chi connectivity index (χ2n) is 8.02. The zero-order valence-corrected chi connectivity index (χ0v) is 19.6. The summed E-state index contributed by atoms with van der Waals surface area (Å²) in [5.41, 5.74) is 11.7. The van der Waals surface area contributed by atoms with Crippen molar-refractivity contribution in [3.05, 3.63) is 35.9 Å². The zero-order valence-electron chi connectivity index (χ0n) is 19.6. The van der Waals surface area contributed by atoms with Crippen LogP contribution >= 0.6 is 0 Å². The fourth-order valence-electron chi connectivity index (χ4n) is 3.10. The quantitative estimate of drug-likeness (QED) is 0.110. The fourth-order valence-corrected chi connectivity index (χ4v) is 3.10. The number of carboxylic acids is 3. The third-order valence-corrected chi connectivity index (χ3v) is 4.95. The number of hydrogen-bond acceptors (Lipinski definition) is 8. The maximum Gasteiger partial charge on any atom is 0.326 e. The molecule has 0 saturated carbocycles. The van der Waals surface area contributed by atoms with Crippen molar-refractivity contribution in [2.75, 3.05) is 0 Å². The predicted molar refractivity (Wildman–Crippen MR) is 124 cm³/mol. The van der Waals surface area contributed by atoms with E-state index in [9.17, 15) is 38.7 Å². The molecule has 37 heavy (non-hydrogen) atoms. The highest BCUT2D eigenvalue weighted by atomic mass is 16.4. The summed E-state index contributed by atoms with van der Waals surface area (Å²) in [6.07, 6.45) is -2.65. The maximum atomic E-state index is 12.8. The van der Waals surface area contributed by atoms with Crippen LogP contribution < -0.4 is 27.4 Å². The van der Waals surface area contributed by atoms with E-state index in [0.717, 1.165) is 0 Å². The van der Waals surface area contributed by atoms with Crippen LogP contribution in [0.25, 0.3) is 0 Å². The summed E-state index contributed by atoms with van der Waals surface area (Å²) in [7, 11) is 0. The van der Waals surface area contributed by atoms with Crippen molar-refractivity contribution >= 4 is 41.5 Å². The van der Waals surface area contributed by atoms with E-state index in [1.165, 1.54) is 0 Å². The van der Waals surface area contributed by atoms with E-state index in [1.807, 2.05) is 5.32 Å². The third-order valence-electron chi connectivity index (χ3n) is 4.95. The Kier molecular flexibility index (Phi) is 12.2. The van der Waals surface area contributed by atoms with Crippen LogP contribution in [-0.2, 0) is 40.0 Å². The van der Waals surface area contributed by atoms with E-state index in [1.54, 1.807) is 30.3 Å². The van der Waals surface area contributed by atoms with Crippen molar-refractivity contribution in [3.8, 4) is 0 Å². The highest BCUT2D eigenvalue weighted by molar-refractivity contribution is 5.96. The molecule has 0 aliphatic rings. The molecule has 0 fully saturated rings. The number of nitrogens with two attached hydrogens (primary N) is 2. The Bertz CT molecular complexity index is 1020. The molecule has 1 aromatic carbocycles. The summed E-state index contributed by atoms with van der Waals surface area (Å²) >= 11 is 0. The molecule has 0 aliphatic carbocycles. The average molecular weight is 523 g/mol. The van der Waals surface area contributed by atoms with Crippen LogP contribution in [-0.4, -0.2) is 81.0 Å². The predicted octanol–water partition coefficient (Wildman–Crippen LogP) is -2.69. The summed E-state index contributed by atoms with van der Waals surface area (Å²) in [4.78, 5) is 82.6. The number of primary amides is 1. The standard InChI is InChI=1S/C22H29N5O10/c23-12(8-11-4-2-1-3-5-11)19(33)26-14(9-17(29)30)21(35)25-13(6-7-16(24)28)20(34)27-15(22(36)37)10-18(31)32/h1-5,12-15H,6-10,23H2,(H2,24,28)(H,25,35)(H,26,33)(H,27,34)(H,29,30)(H,31,32)(H,36,37). The molecule has 15 heteroatoms. The first kappa shape index (κ1) is 30.5. The molecule has 0 heterocycles. The molecule has 0 aliphatic heterocycles. The SMILES string of the molecule is NC(=O)CCC(NC(=O)C(CC(=O)O)NC(=O)C(N)Cc1ccccc1)C(=O)NC(CC(=O)O)C(=O)O. The second kappa shape index (κ2) is 14.8. The molecule has 10 N–H and O–H groups in total. The van der Waals surface area contributed by atoms with Crippen molar-refractivity contribution in [3.63, 3.8) is 0 Å². The Labute approximate surface area is 210 Å². The molecule has 1 aromatic rings. The van der Waals surface area contributed by atoms with Gasteiger partial charge in [-0.2, -0.15) is 0 Å². The van der Waals surface area contributed by atoms with Gasteiger partial charge in [-0.1, -0.05) is 30.3 Å². The van der Waals surface area contributed by atoms with Gasteiger partial charge < -0.3 is 42.7 Å². The highest BCUT2D eigenvalue weighted by Gasteiger charge is 2.32. The summed E-state index contributed by atoms with van der Waals surface area (Å²) < 4.78 is 0. The first-order chi connectivity index (χ1) is 17.3. The van der Waals surface area contributed by atoms with Crippen LogP contribution in [0.5, 0.6) is 0 Å². The number of carboxylic acid groups (broad SMARTS) is 3. The maximum absolute atomic E-state index is 12.8. The number of carbonyl (C=O) groups excluding carboxylic acids is 4. The molecular formula is C22H29N5O10. The smallest absolute Gasteiger partial charge is 0.326 e. The second-order valence-corrected chi connectivity index (χ2v) is 8.02. The van der Waals surface area contributed by atoms with Crippen LogP contribution in [0.2, 0.25) is 0 Å². The summed E-state index contributed by atoms with van der Waals surface area (Å²) in [5, 5.41) is 33.4. The highest BCUT2D eigenvalue weighted by Crippen LogP contribution is 2.05. The number of hydrogen-bond donors (Lipinski definition) is 8. The lowest BCUT2D eigenvalue weighted by molar-refractivity contribution is -0.147. The Hall–Kier alpha value is -4.53. The van der Waals surface area contributed by atoms with E-state index >= 15 is 0 Å². The largest absolute Gasteiger partial charge is 0.481 e. The summed E-state index contributed by atoms with van der Waals surface area (Å²) in [5.74, 6) is -8.68. The monoisotopic (exact) mass is 523 g/mol. The number of carbonyl (C=O) groups is 7. The van der Waals surface area contributed by atoms with Crippen LogP contribution in [0.4, 0.5) is 0 Å². The zero-order chi connectivity index (χ0) is 28.1. The van der Waals surface area contributed by atoms with Crippen LogP contribution in [0, 0.1) is 0 Å². The van der Waals surface area contributed by atoms with Gasteiger partial charge in [0.2, 0.25) is 23.6 Å². The molecule has 0 bridgehead atoms. The van der Waals surface area contributed by atoms with Crippen LogP contribution in [0.1, 0.15) is 31.2 Å². The molecule has 0 radical (unpaired) electrons. The Morgan fingerprint density at radius 3 is 1.73 bits per heavy atom. The molecule has 1 rings (SSSR count). The number of aliphatic carboxylic acids is 3. The Morgan fingerprint density at radius 2 is 1.22 bits per heavy atom. The van der Waals surface area contributed by atoms with Crippen molar-refractivity contribution in [2.45, 2.75) is 56.3 Å². The van der Waals surface area contributed by atoms with E-state index in [0.29, 0.717) is 5.56 Å². The lowest BCUT2D eigenvalue weighted by Gasteiger charge is -2.24. The average Bonchev–Trinajstić information content (AvgIpc) is 2.80. The third kappa shape index (κ3) is 11.6. The van der Waals surface area contributed by atoms with Gasteiger partial charge in [-0.25, -0.2) is 4.79 Å². The van der Waals surface area contributed by atoms with E-state index < -0.39 is 91.4 Å². The summed E-state index contributed by atoms with van der Waals surface area (Å²) in [6.45, 7) is 0. The van der Waals surface area contributed by atoms with Gasteiger partial charge in [-0.05, 0) is 18.4 Å². The molecule has 202 valence electrons. The van der Waals surface area contributed by atoms with Gasteiger partial charge in [0, 0.05) is 6.42 Å². The number of amides is 4. The van der Waals surface area contributed by atoms with Crippen molar-refractivity contribution < 1.29 is 48.9 Å². The van der Waals surface area contributed by atoms with Gasteiger partial charge in [-0.15, -0.1) is 0 Å². The van der Waals surface area contributed by atoms with Crippen molar-refractivity contribution in [1.29, 1.82) is 0 Å². The van der Waals surface area contributed by atoms with Crippen molar-refractivity contribution in [1.82, 2.24) is 16.0 Å². The molecule has 0 aromatic heterocycles. The number of benzene rings is 1. The molecule has 4 atom stereocenters. The van der Waals surface area contributed by atoms with Gasteiger partial charge in [0.15, 0.2) is 0 Å². The fraction of sp³-hybridized carbons (Fsp3) is 0.409. The normalized spacial score (nSPS) is 13.8. The lowest BCUT2D eigenvalue weighted by Crippen LogP contribution is -2.57. The van der Waals surface area contributed by atoms with E-state index in [2.05, 4.69) is 10.6 Å². The van der Waals surface area contributed by atoms with Crippen LogP contribution in [0.3, 0.4) is 0 Å². The summed E-state index contributed by atoms with van der Waals surface area (Å²) in [6, 6.07) is 2.33. The minimum Gasteiger partial charge on any atom is -0.481 e. The number of nitrogens with one attached hydrogen (secondary N) is 3. The first-order valence-electron chi connectivity index (χ1n) is 11.0. The van der Waals surface area contributed by atoms with Gasteiger partial charge >= 0.3 is 17.9 Å². The Morgan fingerprint density at radius 1 is 0.730 bits per heavy atom. The van der Waals surface area contributed by atoms with Gasteiger partial charge in [-0.3, -0.25) is 28.8 Å². The van der Waals surface area contributed by atoms with Crippen LogP contribution in [0.15, 0.2) is 30.3 Å². The molecule has 0 spiro atoms. The first-order valence-corrected chi connectivity index (χ1v) is 11.0. The molecule has 15 nitrogen and oxygen atoms in total. The molecular weight excluding hydrogens is 494 g/mol. The topological polar surface area (TPSA) is 268 Å².